The first kappa shape index (κ1) is 23.5. The zero-order valence-electron chi connectivity index (χ0n) is 19.1. The van der Waals surface area contributed by atoms with E-state index in [4.69, 9.17) is 11.6 Å². The van der Waals surface area contributed by atoms with Gasteiger partial charge in [0.15, 0.2) is 5.52 Å². The minimum atomic E-state index is -0.534. The Morgan fingerprint density at radius 3 is 2.35 bits per heavy atom. The molecule has 4 aromatic rings. The zero-order valence-corrected chi connectivity index (χ0v) is 19.9. The summed E-state index contributed by atoms with van der Waals surface area (Å²) in [5.74, 6) is -0.314. The second-order valence-electron chi connectivity index (χ2n) is 8.07. The van der Waals surface area contributed by atoms with E-state index in [0.29, 0.717) is 41.3 Å². The van der Waals surface area contributed by atoms with E-state index in [9.17, 15) is 14.4 Å². The Morgan fingerprint density at radius 1 is 0.971 bits per heavy atom. The molecule has 2 aromatic carbocycles. The van der Waals surface area contributed by atoms with Crippen LogP contribution in [0, 0.1) is 6.92 Å². The second kappa shape index (κ2) is 10.1. The number of carbonyl (C=O) groups excluding carboxylic acids is 1. The summed E-state index contributed by atoms with van der Waals surface area (Å²) in [5.41, 5.74) is 2.17. The SMILES string of the molecule is CCn1nc(C)c2c1c(=O)n(Cc1ccccc1)c(=O)n2CC(=O)NCCc1ccc(Cl)cc1. The number of nitrogens with zero attached hydrogens (tertiary/aromatic N) is 4. The van der Waals surface area contributed by atoms with Crippen molar-refractivity contribution in [2.24, 2.45) is 0 Å². The molecule has 0 aliphatic carbocycles. The fourth-order valence-electron chi connectivity index (χ4n) is 4.04. The van der Waals surface area contributed by atoms with E-state index in [1.165, 1.54) is 9.13 Å². The minimum Gasteiger partial charge on any atom is -0.354 e. The molecule has 0 saturated carbocycles. The van der Waals surface area contributed by atoms with Crippen LogP contribution in [0.25, 0.3) is 11.0 Å². The molecule has 0 aliphatic rings. The summed E-state index contributed by atoms with van der Waals surface area (Å²) < 4.78 is 4.11. The molecule has 0 fully saturated rings. The maximum absolute atomic E-state index is 13.4. The first-order valence-corrected chi connectivity index (χ1v) is 11.5. The first-order chi connectivity index (χ1) is 16.4. The van der Waals surface area contributed by atoms with Gasteiger partial charge in [-0.15, -0.1) is 0 Å². The van der Waals surface area contributed by atoms with Crippen molar-refractivity contribution in [1.82, 2.24) is 24.2 Å². The molecule has 0 bridgehead atoms. The molecule has 0 saturated heterocycles. The van der Waals surface area contributed by atoms with Gasteiger partial charge in [0.25, 0.3) is 5.56 Å². The Bertz CT molecular complexity index is 1440. The van der Waals surface area contributed by atoms with Crippen LogP contribution < -0.4 is 16.6 Å². The number of amides is 1. The van der Waals surface area contributed by atoms with Gasteiger partial charge in [0.05, 0.1) is 12.2 Å². The predicted octanol–water partition coefficient (Wildman–Crippen LogP) is 2.75. The van der Waals surface area contributed by atoms with Crippen LogP contribution in [0.4, 0.5) is 0 Å². The number of aryl methyl sites for hydroxylation is 2. The van der Waals surface area contributed by atoms with Gasteiger partial charge in [-0.25, -0.2) is 4.79 Å². The van der Waals surface area contributed by atoms with Crippen molar-refractivity contribution in [2.45, 2.75) is 39.9 Å². The summed E-state index contributed by atoms with van der Waals surface area (Å²) in [6, 6.07) is 16.7. The molecule has 2 aromatic heterocycles. The molecule has 1 amide bonds. The van der Waals surface area contributed by atoms with Gasteiger partial charge in [0.2, 0.25) is 5.91 Å². The standard InChI is InChI=1S/C25H26ClN5O3/c1-3-31-23-22(17(2)28-31)29(16-21(32)27-14-13-18-9-11-20(26)12-10-18)25(34)30(24(23)33)15-19-7-5-4-6-8-19/h4-12H,3,13-16H2,1-2H3,(H,27,32). The maximum atomic E-state index is 13.4. The van der Waals surface area contributed by atoms with E-state index < -0.39 is 11.2 Å². The highest BCUT2D eigenvalue weighted by Crippen LogP contribution is 2.14. The van der Waals surface area contributed by atoms with Gasteiger partial charge < -0.3 is 5.32 Å². The molecule has 0 atom stereocenters. The van der Waals surface area contributed by atoms with E-state index in [-0.39, 0.29) is 19.0 Å². The molecular weight excluding hydrogens is 454 g/mol. The van der Waals surface area contributed by atoms with Crippen LogP contribution in [0.1, 0.15) is 23.7 Å². The smallest absolute Gasteiger partial charge is 0.332 e. The number of benzene rings is 2. The van der Waals surface area contributed by atoms with Crippen LogP contribution in [0.3, 0.4) is 0 Å². The van der Waals surface area contributed by atoms with Crippen LogP contribution in [-0.4, -0.2) is 31.4 Å². The van der Waals surface area contributed by atoms with Crippen LogP contribution in [-0.2, 0) is 30.8 Å². The predicted molar refractivity (Wildman–Crippen MR) is 132 cm³/mol. The number of rotatable bonds is 8. The zero-order chi connectivity index (χ0) is 24.2. The highest BCUT2D eigenvalue weighted by atomic mass is 35.5. The number of hydrogen-bond donors (Lipinski definition) is 1. The molecule has 0 radical (unpaired) electrons. The monoisotopic (exact) mass is 479 g/mol. The average molecular weight is 480 g/mol. The molecule has 4 rings (SSSR count). The number of aromatic nitrogens is 4. The van der Waals surface area contributed by atoms with Gasteiger partial charge in [-0.2, -0.15) is 5.10 Å². The lowest BCUT2D eigenvalue weighted by atomic mass is 10.1. The van der Waals surface area contributed by atoms with Crippen LogP contribution in [0.5, 0.6) is 0 Å². The highest BCUT2D eigenvalue weighted by molar-refractivity contribution is 6.30. The summed E-state index contributed by atoms with van der Waals surface area (Å²) in [4.78, 5) is 39.5. The topological polar surface area (TPSA) is 90.9 Å². The first-order valence-electron chi connectivity index (χ1n) is 11.1. The summed E-state index contributed by atoms with van der Waals surface area (Å²) in [6.07, 6.45) is 0.632. The van der Waals surface area contributed by atoms with Gasteiger partial charge in [-0.3, -0.25) is 23.4 Å². The van der Waals surface area contributed by atoms with Crippen molar-refractivity contribution in [3.8, 4) is 0 Å². The summed E-state index contributed by atoms with van der Waals surface area (Å²) >= 11 is 5.92. The number of halogens is 1. The second-order valence-corrected chi connectivity index (χ2v) is 8.51. The lowest BCUT2D eigenvalue weighted by molar-refractivity contribution is -0.121. The van der Waals surface area contributed by atoms with E-state index in [1.807, 2.05) is 49.4 Å². The molecule has 8 nitrogen and oxygen atoms in total. The van der Waals surface area contributed by atoms with Crippen LogP contribution in [0.2, 0.25) is 5.02 Å². The Morgan fingerprint density at radius 2 is 1.68 bits per heavy atom. The Balaban J connectivity index is 1.65. The Labute approximate surface area is 201 Å². The largest absolute Gasteiger partial charge is 0.354 e. The van der Waals surface area contributed by atoms with Gasteiger partial charge in [0, 0.05) is 18.1 Å². The quantitative estimate of drug-likeness (QED) is 0.420. The summed E-state index contributed by atoms with van der Waals surface area (Å²) in [7, 11) is 0. The van der Waals surface area contributed by atoms with Gasteiger partial charge in [-0.1, -0.05) is 54.1 Å². The molecule has 0 aliphatic heterocycles. The molecular formula is C25H26ClN5O3. The number of fused-ring (bicyclic) bond motifs is 1. The minimum absolute atomic E-state index is 0.112. The van der Waals surface area contributed by atoms with Crippen LogP contribution >= 0.6 is 11.6 Å². The molecule has 2 heterocycles. The van der Waals surface area contributed by atoms with E-state index in [0.717, 1.165) is 11.1 Å². The van der Waals surface area contributed by atoms with E-state index in [1.54, 1.807) is 23.7 Å². The molecule has 0 unspecified atom stereocenters. The summed E-state index contributed by atoms with van der Waals surface area (Å²) in [6.45, 7) is 4.41. The molecule has 34 heavy (non-hydrogen) atoms. The van der Waals surface area contributed by atoms with Crippen molar-refractivity contribution >= 4 is 28.5 Å². The highest BCUT2D eigenvalue weighted by Gasteiger charge is 2.21. The number of hydrogen-bond acceptors (Lipinski definition) is 4. The van der Waals surface area contributed by atoms with Crippen molar-refractivity contribution in [1.29, 1.82) is 0 Å². The van der Waals surface area contributed by atoms with Gasteiger partial charge in [-0.05, 0) is 43.5 Å². The van der Waals surface area contributed by atoms with Crippen molar-refractivity contribution < 1.29 is 4.79 Å². The average Bonchev–Trinajstić information content (AvgIpc) is 3.17. The number of carbonyl (C=O) groups is 1. The van der Waals surface area contributed by atoms with Crippen molar-refractivity contribution in [3.63, 3.8) is 0 Å². The Kier molecular flexibility index (Phi) is 6.98. The molecule has 176 valence electrons. The summed E-state index contributed by atoms with van der Waals surface area (Å²) in [5, 5.41) is 7.96. The van der Waals surface area contributed by atoms with E-state index >= 15 is 0 Å². The molecule has 9 heteroatoms. The van der Waals surface area contributed by atoms with Crippen molar-refractivity contribution in [3.05, 3.63) is 97.3 Å². The van der Waals surface area contributed by atoms with Crippen LogP contribution in [0.15, 0.2) is 64.2 Å². The van der Waals surface area contributed by atoms with Gasteiger partial charge >= 0.3 is 5.69 Å². The normalized spacial score (nSPS) is 11.1. The third-order valence-corrected chi connectivity index (χ3v) is 5.96. The lowest BCUT2D eigenvalue weighted by Crippen LogP contribution is -2.43. The fourth-order valence-corrected chi connectivity index (χ4v) is 4.17. The Hall–Kier alpha value is -3.65. The third-order valence-electron chi connectivity index (χ3n) is 5.71. The molecule has 1 N–H and O–H groups in total. The molecule has 0 spiro atoms. The fraction of sp³-hybridized carbons (Fsp3) is 0.280. The lowest BCUT2D eigenvalue weighted by Gasteiger charge is -2.13. The van der Waals surface area contributed by atoms with Crippen molar-refractivity contribution in [2.75, 3.05) is 6.54 Å². The third kappa shape index (κ3) is 4.82. The van der Waals surface area contributed by atoms with Gasteiger partial charge in [0.1, 0.15) is 12.1 Å². The number of nitrogens with one attached hydrogen (secondary N) is 1. The van der Waals surface area contributed by atoms with E-state index in [2.05, 4.69) is 10.4 Å². The maximum Gasteiger partial charge on any atom is 0.332 e.